The van der Waals surface area contributed by atoms with Crippen LogP contribution >= 0.6 is 11.3 Å². The molecule has 0 aliphatic carbocycles. The topological polar surface area (TPSA) is 28.4 Å². The van der Waals surface area contributed by atoms with Crippen molar-refractivity contribution in [3.05, 3.63) is 46.0 Å². The highest BCUT2D eigenvalue weighted by molar-refractivity contribution is 7.09. The third-order valence-electron chi connectivity index (χ3n) is 3.44. The number of hydrogen-bond donors (Lipinski definition) is 1. The Morgan fingerprint density at radius 2 is 2.19 bits per heavy atom. The smallest absolute Gasteiger partial charge is 0.122 e. The first-order chi connectivity index (χ1) is 10.1. The first-order valence-corrected chi connectivity index (χ1v) is 8.50. The van der Waals surface area contributed by atoms with Gasteiger partial charge in [-0.25, -0.2) is 0 Å². The Morgan fingerprint density at radius 1 is 1.33 bits per heavy atom. The summed E-state index contributed by atoms with van der Waals surface area (Å²) in [5.41, 5.74) is 1.29. The van der Waals surface area contributed by atoms with Crippen molar-refractivity contribution in [3.8, 4) is 0 Å². The van der Waals surface area contributed by atoms with Gasteiger partial charge in [0.1, 0.15) is 5.76 Å². The molecule has 0 bridgehead atoms. The molecule has 3 nitrogen and oxygen atoms in total. The predicted octanol–water partition coefficient (Wildman–Crippen LogP) is 3.76. The SMILES string of the molecule is CC(C)CNCc1occc1CN(C)CCc1cccs1. The van der Waals surface area contributed by atoms with Crippen LogP contribution in [0.4, 0.5) is 0 Å². The molecule has 116 valence electrons. The van der Waals surface area contributed by atoms with Crippen LogP contribution in [0.2, 0.25) is 0 Å². The fourth-order valence-electron chi connectivity index (χ4n) is 2.26. The fourth-order valence-corrected chi connectivity index (χ4v) is 2.96. The van der Waals surface area contributed by atoms with Crippen molar-refractivity contribution in [3.63, 3.8) is 0 Å². The molecule has 0 saturated heterocycles. The highest BCUT2D eigenvalue weighted by atomic mass is 32.1. The summed E-state index contributed by atoms with van der Waals surface area (Å²) in [5, 5.41) is 5.59. The Balaban J connectivity index is 1.77. The quantitative estimate of drug-likeness (QED) is 0.764. The van der Waals surface area contributed by atoms with Crippen molar-refractivity contribution in [1.82, 2.24) is 10.2 Å². The Hall–Kier alpha value is -1.10. The van der Waals surface area contributed by atoms with Crippen molar-refractivity contribution >= 4 is 11.3 Å². The van der Waals surface area contributed by atoms with Crippen molar-refractivity contribution in [2.45, 2.75) is 33.4 Å². The van der Waals surface area contributed by atoms with Crippen LogP contribution in [-0.2, 0) is 19.5 Å². The molecule has 21 heavy (non-hydrogen) atoms. The van der Waals surface area contributed by atoms with Crippen molar-refractivity contribution in [2.75, 3.05) is 20.1 Å². The van der Waals surface area contributed by atoms with Crippen LogP contribution in [0.25, 0.3) is 0 Å². The summed E-state index contributed by atoms with van der Waals surface area (Å²) < 4.78 is 5.61. The van der Waals surface area contributed by atoms with Crippen LogP contribution in [0.1, 0.15) is 30.0 Å². The molecule has 0 saturated carbocycles. The molecule has 2 aromatic heterocycles. The molecule has 0 amide bonds. The minimum absolute atomic E-state index is 0.664. The minimum Gasteiger partial charge on any atom is -0.468 e. The molecular formula is C17H26N2OS. The number of thiophene rings is 1. The maximum absolute atomic E-state index is 5.61. The number of likely N-dealkylation sites (N-methyl/N-ethyl adjacent to an activating group) is 1. The molecule has 0 aliphatic heterocycles. The molecular weight excluding hydrogens is 280 g/mol. The van der Waals surface area contributed by atoms with E-state index in [1.807, 2.05) is 11.3 Å². The summed E-state index contributed by atoms with van der Waals surface area (Å²) in [6, 6.07) is 6.42. The van der Waals surface area contributed by atoms with E-state index in [1.54, 1.807) is 6.26 Å². The molecule has 0 radical (unpaired) electrons. The van der Waals surface area contributed by atoms with E-state index in [9.17, 15) is 0 Å². The number of rotatable bonds is 9. The monoisotopic (exact) mass is 306 g/mol. The van der Waals surface area contributed by atoms with Crippen molar-refractivity contribution in [2.24, 2.45) is 5.92 Å². The Morgan fingerprint density at radius 3 is 2.90 bits per heavy atom. The molecule has 0 atom stereocenters. The maximum Gasteiger partial charge on any atom is 0.122 e. The van der Waals surface area contributed by atoms with Crippen LogP contribution < -0.4 is 5.32 Å². The summed E-state index contributed by atoms with van der Waals surface area (Å²) in [6.45, 7) is 8.29. The van der Waals surface area contributed by atoms with Crippen LogP contribution in [0.15, 0.2) is 34.3 Å². The highest BCUT2D eigenvalue weighted by Gasteiger charge is 2.09. The molecule has 2 rings (SSSR count). The normalized spacial score (nSPS) is 11.7. The minimum atomic E-state index is 0.664. The molecule has 4 heteroatoms. The van der Waals surface area contributed by atoms with Gasteiger partial charge in [-0.2, -0.15) is 0 Å². The third kappa shape index (κ3) is 5.65. The van der Waals surface area contributed by atoms with Gasteiger partial charge in [-0.1, -0.05) is 19.9 Å². The summed E-state index contributed by atoms with van der Waals surface area (Å²) in [6.07, 6.45) is 2.92. The summed E-state index contributed by atoms with van der Waals surface area (Å²) in [5.74, 6) is 1.73. The molecule has 0 spiro atoms. The lowest BCUT2D eigenvalue weighted by Gasteiger charge is -2.16. The summed E-state index contributed by atoms with van der Waals surface area (Å²) in [4.78, 5) is 3.81. The molecule has 0 fully saturated rings. The predicted molar refractivity (Wildman–Crippen MR) is 89.6 cm³/mol. The fraction of sp³-hybridized carbons (Fsp3) is 0.529. The van der Waals surface area contributed by atoms with Gasteiger partial charge in [0, 0.05) is 23.5 Å². The number of nitrogens with zero attached hydrogens (tertiary/aromatic N) is 1. The van der Waals surface area contributed by atoms with E-state index < -0.39 is 0 Å². The van der Waals surface area contributed by atoms with Crippen molar-refractivity contribution < 1.29 is 4.42 Å². The molecule has 2 aromatic rings. The number of hydrogen-bond acceptors (Lipinski definition) is 4. The average Bonchev–Trinajstić information content (AvgIpc) is 3.08. The molecule has 1 N–H and O–H groups in total. The van der Waals surface area contributed by atoms with E-state index in [0.29, 0.717) is 5.92 Å². The van der Waals surface area contributed by atoms with Crippen LogP contribution in [-0.4, -0.2) is 25.0 Å². The zero-order chi connectivity index (χ0) is 15.1. The largest absolute Gasteiger partial charge is 0.468 e. The molecule has 0 aliphatic rings. The second kappa shape index (κ2) is 8.37. The zero-order valence-electron chi connectivity index (χ0n) is 13.3. The van der Waals surface area contributed by atoms with Crippen molar-refractivity contribution in [1.29, 1.82) is 0 Å². The standard InChI is InChI=1S/C17H26N2OS/c1-14(2)11-18-12-17-15(7-9-20-17)13-19(3)8-6-16-5-4-10-21-16/h4-5,7,9-10,14,18H,6,8,11-13H2,1-3H3. The van der Waals surface area contributed by atoms with E-state index in [4.69, 9.17) is 4.42 Å². The van der Waals surface area contributed by atoms with Gasteiger partial charge in [0.05, 0.1) is 12.8 Å². The second-order valence-corrected chi connectivity index (χ2v) is 6.99. The summed E-state index contributed by atoms with van der Waals surface area (Å²) >= 11 is 1.83. The van der Waals surface area contributed by atoms with E-state index in [-0.39, 0.29) is 0 Å². The molecule has 2 heterocycles. The lowest BCUT2D eigenvalue weighted by molar-refractivity contribution is 0.327. The Bertz CT molecular complexity index is 505. The first kappa shape index (κ1) is 16.3. The van der Waals surface area contributed by atoms with Gasteiger partial charge in [-0.3, -0.25) is 0 Å². The van der Waals surface area contributed by atoms with E-state index in [0.717, 1.165) is 38.4 Å². The van der Waals surface area contributed by atoms with Gasteiger partial charge in [-0.05, 0) is 43.4 Å². The highest BCUT2D eigenvalue weighted by Crippen LogP contribution is 2.14. The van der Waals surface area contributed by atoms with Crippen LogP contribution in [0.5, 0.6) is 0 Å². The second-order valence-electron chi connectivity index (χ2n) is 5.96. The average molecular weight is 306 g/mol. The summed E-state index contributed by atoms with van der Waals surface area (Å²) in [7, 11) is 2.17. The van der Waals surface area contributed by atoms with Crippen LogP contribution in [0, 0.1) is 5.92 Å². The maximum atomic E-state index is 5.61. The Kier molecular flexibility index (Phi) is 6.49. The molecule has 0 aromatic carbocycles. The lowest BCUT2D eigenvalue weighted by Crippen LogP contribution is -2.23. The number of nitrogens with one attached hydrogen (secondary N) is 1. The molecule has 0 unspecified atom stereocenters. The van der Waals surface area contributed by atoms with E-state index in [1.165, 1.54) is 10.4 Å². The third-order valence-corrected chi connectivity index (χ3v) is 4.37. The van der Waals surface area contributed by atoms with Gasteiger partial charge in [-0.15, -0.1) is 11.3 Å². The lowest BCUT2D eigenvalue weighted by atomic mass is 10.2. The van der Waals surface area contributed by atoms with Gasteiger partial charge in [0.2, 0.25) is 0 Å². The van der Waals surface area contributed by atoms with Gasteiger partial charge >= 0.3 is 0 Å². The van der Waals surface area contributed by atoms with Crippen LogP contribution in [0.3, 0.4) is 0 Å². The van der Waals surface area contributed by atoms with E-state index in [2.05, 4.69) is 54.7 Å². The Labute approximate surface area is 132 Å². The van der Waals surface area contributed by atoms with E-state index >= 15 is 0 Å². The zero-order valence-corrected chi connectivity index (χ0v) is 14.1. The van der Waals surface area contributed by atoms with Gasteiger partial charge < -0.3 is 14.6 Å². The van der Waals surface area contributed by atoms with Gasteiger partial charge in [0.15, 0.2) is 0 Å². The first-order valence-electron chi connectivity index (χ1n) is 7.62. The van der Waals surface area contributed by atoms with Gasteiger partial charge in [0.25, 0.3) is 0 Å². The number of furan rings is 1.